The van der Waals surface area contributed by atoms with E-state index in [1.54, 1.807) is 11.2 Å². The number of H-pyrrole nitrogens is 2. The zero-order valence-electron chi connectivity index (χ0n) is 18.8. The molecule has 0 saturated carbocycles. The Morgan fingerprint density at radius 1 is 1.06 bits per heavy atom. The van der Waals surface area contributed by atoms with Gasteiger partial charge >= 0.3 is 6.03 Å². The van der Waals surface area contributed by atoms with Crippen LogP contribution in [0.4, 0.5) is 10.5 Å². The van der Waals surface area contributed by atoms with Gasteiger partial charge in [0.15, 0.2) is 0 Å². The number of nitrogens with one attached hydrogen (secondary N) is 3. The molecule has 0 spiro atoms. The number of hydrogen-bond acceptors (Lipinski definition) is 5. The average Bonchev–Trinajstić information content (AvgIpc) is 3.59. The Bertz CT molecular complexity index is 1350. The Hall–Kier alpha value is -3.69. The molecule has 1 atom stereocenters. The third-order valence-electron chi connectivity index (χ3n) is 6.57. The van der Waals surface area contributed by atoms with E-state index in [9.17, 15) is 4.79 Å². The van der Waals surface area contributed by atoms with Crippen LogP contribution in [0.1, 0.15) is 18.0 Å². The second-order valence-corrected chi connectivity index (χ2v) is 8.71. The number of morpholine rings is 1. The number of nitrogens with zero attached hydrogens (tertiary/aromatic N) is 4. The lowest BCUT2D eigenvalue weighted by Gasteiger charge is -2.26. The smallest absolute Gasteiger partial charge is 0.328 e. The van der Waals surface area contributed by atoms with Crippen LogP contribution < -0.4 is 10.2 Å². The number of amidine groups is 1. The largest absolute Gasteiger partial charge is 0.379 e. The fourth-order valence-electron chi connectivity index (χ4n) is 4.81. The second kappa shape index (κ2) is 8.92. The molecule has 2 saturated heterocycles. The quantitative estimate of drug-likeness (QED) is 0.386. The highest BCUT2D eigenvalue weighted by Crippen LogP contribution is 2.34. The van der Waals surface area contributed by atoms with Crippen LogP contribution in [0, 0.1) is 0 Å². The van der Waals surface area contributed by atoms with E-state index < -0.39 is 0 Å². The van der Waals surface area contributed by atoms with Gasteiger partial charge in [-0.1, -0.05) is 6.07 Å². The lowest BCUT2D eigenvalue weighted by Crippen LogP contribution is -2.37. The summed E-state index contributed by atoms with van der Waals surface area (Å²) in [6, 6.07) is 13.6. The zero-order valence-corrected chi connectivity index (χ0v) is 18.8. The van der Waals surface area contributed by atoms with Crippen molar-refractivity contribution in [3.05, 3.63) is 60.6 Å². The van der Waals surface area contributed by atoms with Crippen molar-refractivity contribution in [2.45, 2.75) is 12.5 Å². The maximum absolute atomic E-state index is 13.2. The summed E-state index contributed by atoms with van der Waals surface area (Å²) in [6.45, 7) is 5.16. The number of urea groups is 1. The van der Waals surface area contributed by atoms with E-state index >= 15 is 0 Å². The first kappa shape index (κ1) is 20.9. The summed E-state index contributed by atoms with van der Waals surface area (Å²) >= 11 is 0. The van der Waals surface area contributed by atoms with Crippen LogP contribution in [0.3, 0.4) is 0 Å². The number of hydrogen-bond donors (Lipinski definition) is 3. The molecule has 0 bridgehead atoms. The Kier molecular flexibility index (Phi) is 5.48. The molecule has 4 heterocycles. The number of fused-ring (bicyclic) bond motifs is 2. The minimum Gasteiger partial charge on any atom is -0.379 e. The van der Waals surface area contributed by atoms with E-state index in [2.05, 4.69) is 43.4 Å². The van der Waals surface area contributed by atoms with Crippen molar-refractivity contribution in [1.82, 2.24) is 25.2 Å². The normalized spacial score (nSPS) is 20.6. The maximum atomic E-state index is 13.2. The van der Waals surface area contributed by atoms with E-state index in [1.165, 1.54) is 0 Å². The molecule has 34 heavy (non-hydrogen) atoms. The molecule has 2 amide bonds. The van der Waals surface area contributed by atoms with Crippen LogP contribution >= 0.6 is 0 Å². The number of carbonyl (C=O) groups excluding carboxylic acids is 1. The lowest BCUT2D eigenvalue weighted by molar-refractivity contribution is 0.0377. The fourth-order valence-corrected chi connectivity index (χ4v) is 4.81. The van der Waals surface area contributed by atoms with Crippen LogP contribution in [0.2, 0.25) is 0 Å². The van der Waals surface area contributed by atoms with E-state index in [1.807, 2.05) is 30.5 Å². The molecule has 2 aliphatic heterocycles. The average molecular weight is 458 g/mol. The molecule has 1 unspecified atom stereocenters. The van der Waals surface area contributed by atoms with Gasteiger partial charge in [-0.25, -0.2) is 9.78 Å². The van der Waals surface area contributed by atoms with Gasteiger partial charge in [0.25, 0.3) is 0 Å². The van der Waals surface area contributed by atoms with Crippen LogP contribution in [0.5, 0.6) is 0 Å². The summed E-state index contributed by atoms with van der Waals surface area (Å²) in [5.74, 6) is 0.684. The molecule has 0 radical (unpaired) electrons. The Labute approximate surface area is 196 Å². The molecular weight excluding hydrogens is 430 g/mol. The number of aromatic nitrogens is 3. The standard InChI is InChI=1S/C25H27N7O2/c33-25-30-24(27-7-1-9-31-10-12-34-13-11-31)23(18-2-4-20-17(14-18)6-8-26-20)32(25)19-3-5-21-22(15-19)29-16-28-21/h2-6,8,14-16,23,26H,1,7,9-13H2,(H,28,29)(H,27,30,33). The third kappa shape index (κ3) is 3.93. The Morgan fingerprint density at radius 2 is 1.94 bits per heavy atom. The SMILES string of the molecule is O=C1N/C(=N/CCCN2CCOCC2)C(c2ccc3[nH]ccc3c2)N1c1ccc2[nH]cnc2c1. The molecule has 3 N–H and O–H groups in total. The number of imidazole rings is 1. The molecule has 2 aromatic carbocycles. The summed E-state index contributed by atoms with van der Waals surface area (Å²) in [4.78, 5) is 33.0. The molecule has 9 heteroatoms. The molecule has 174 valence electrons. The number of aromatic amines is 2. The highest BCUT2D eigenvalue weighted by atomic mass is 16.5. The maximum Gasteiger partial charge on any atom is 0.328 e. The van der Waals surface area contributed by atoms with Crippen molar-refractivity contribution < 1.29 is 9.53 Å². The lowest BCUT2D eigenvalue weighted by atomic mass is 10.0. The van der Waals surface area contributed by atoms with Gasteiger partial charge in [-0.15, -0.1) is 0 Å². The summed E-state index contributed by atoms with van der Waals surface area (Å²) in [5.41, 5.74) is 4.62. The number of rotatable bonds is 6. The molecule has 0 aliphatic carbocycles. The van der Waals surface area contributed by atoms with Gasteiger partial charge in [-0.3, -0.25) is 20.1 Å². The second-order valence-electron chi connectivity index (χ2n) is 8.71. The number of anilines is 1. The highest BCUT2D eigenvalue weighted by Gasteiger charge is 2.39. The number of ether oxygens (including phenoxy) is 1. The van der Waals surface area contributed by atoms with Gasteiger partial charge in [-0.2, -0.15) is 0 Å². The number of aliphatic imine (C=N–C) groups is 1. The molecule has 9 nitrogen and oxygen atoms in total. The summed E-state index contributed by atoms with van der Waals surface area (Å²) in [7, 11) is 0. The number of amides is 2. The van der Waals surface area contributed by atoms with Gasteiger partial charge < -0.3 is 14.7 Å². The van der Waals surface area contributed by atoms with E-state index in [0.717, 1.165) is 72.5 Å². The van der Waals surface area contributed by atoms with E-state index in [-0.39, 0.29) is 12.1 Å². The van der Waals surface area contributed by atoms with Gasteiger partial charge in [0, 0.05) is 43.6 Å². The molecule has 4 aromatic rings. The Balaban J connectivity index is 1.31. The number of benzene rings is 2. The summed E-state index contributed by atoms with van der Waals surface area (Å²) < 4.78 is 5.43. The van der Waals surface area contributed by atoms with Crippen molar-refractivity contribution in [3.8, 4) is 0 Å². The van der Waals surface area contributed by atoms with E-state index in [0.29, 0.717) is 12.4 Å². The van der Waals surface area contributed by atoms with Gasteiger partial charge in [-0.05, 0) is 53.8 Å². The monoisotopic (exact) mass is 457 g/mol. The first-order chi connectivity index (χ1) is 16.8. The first-order valence-corrected chi connectivity index (χ1v) is 11.7. The fraction of sp³-hybridized carbons (Fsp3) is 0.320. The van der Waals surface area contributed by atoms with Crippen LogP contribution in [0.25, 0.3) is 21.9 Å². The van der Waals surface area contributed by atoms with Gasteiger partial charge in [0.05, 0.1) is 30.6 Å². The van der Waals surface area contributed by atoms with Crippen molar-refractivity contribution in [3.63, 3.8) is 0 Å². The van der Waals surface area contributed by atoms with Crippen LogP contribution in [-0.4, -0.2) is 71.1 Å². The van der Waals surface area contributed by atoms with Crippen molar-refractivity contribution in [1.29, 1.82) is 0 Å². The van der Waals surface area contributed by atoms with Crippen LogP contribution in [0.15, 0.2) is 60.0 Å². The van der Waals surface area contributed by atoms with E-state index in [4.69, 9.17) is 9.73 Å². The molecule has 2 aromatic heterocycles. The van der Waals surface area contributed by atoms with Gasteiger partial charge in [0.1, 0.15) is 11.9 Å². The minimum atomic E-state index is -0.327. The molecule has 2 fully saturated rings. The topological polar surface area (TPSA) is 102 Å². The van der Waals surface area contributed by atoms with Crippen molar-refractivity contribution >= 4 is 39.5 Å². The van der Waals surface area contributed by atoms with Crippen molar-refractivity contribution in [2.24, 2.45) is 4.99 Å². The number of carbonyl (C=O) groups is 1. The molecule has 6 rings (SSSR count). The molecular formula is C25H27N7O2. The van der Waals surface area contributed by atoms with Crippen LogP contribution in [-0.2, 0) is 4.74 Å². The first-order valence-electron chi connectivity index (χ1n) is 11.7. The third-order valence-corrected chi connectivity index (χ3v) is 6.57. The summed E-state index contributed by atoms with van der Waals surface area (Å²) in [5, 5.41) is 4.14. The Morgan fingerprint density at radius 3 is 2.85 bits per heavy atom. The predicted molar refractivity (Wildman–Crippen MR) is 132 cm³/mol. The summed E-state index contributed by atoms with van der Waals surface area (Å²) in [6.07, 6.45) is 4.52. The zero-order chi connectivity index (χ0) is 22.9. The highest BCUT2D eigenvalue weighted by molar-refractivity contribution is 6.17. The van der Waals surface area contributed by atoms with Gasteiger partial charge in [0.2, 0.25) is 0 Å². The van der Waals surface area contributed by atoms with Crippen molar-refractivity contribution in [2.75, 3.05) is 44.3 Å². The molecule has 2 aliphatic rings. The minimum absolute atomic E-state index is 0.180. The predicted octanol–water partition coefficient (Wildman–Crippen LogP) is 3.44.